The molecule has 0 N–H and O–H groups in total. The third-order valence-corrected chi connectivity index (χ3v) is 10.9. The van der Waals surface area contributed by atoms with E-state index in [1.54, 1.807) is 0 Å². The van der Waals surface area contributed by atoms with E-state index in [0.29, 0.717) is 0 Å². The summed E-state index contributed by atoms with van der Waals surface area (Å²) in [6.07, 6.45) is 0. The van der Waals surface area contributed by atoms with Crippen LogP contribution in [0.2, 0.25) is 0 Å². The molecule has 2 heterocycles. The first-order chi connectivity index (χ1) is 25.2. The smallest absolute Gasteiger partial charge is 0.0547 e. The molecule has 0 aliphatic rings. The molecule has 0 bridgehead atoms. The maximum absolute atomic E-state index is 2.47. The zero-order valence-electron chi connectivity index (χ0n) is 28.1. The van der Waals surface area contributed by atoms with Gasteiger partial charge in [0.2, 0.25) is 0 Å². The molecule has 0 unspecified atom stereocenters. The zero-order valence-corrected chi connectivity index (χ0v) is 28.1. The molecule has 51 heavy (non-hydrogen) atoms. The summed E-state index contributed by atoms with van der Waals surface area (Å²) in [6.45, 7) is 2.18. The van der Waals surface area contributed by atoms with Crippen LogP contribution in [0, 0.1) is 6.92 Å². The van der Waals surface area contributed by atoms with Crippen LogP contribution in [0.3, 0.4) is 0 Å². The first-order valence-corrected chi connectivity index (χ1v) is 17.7. The number of aryl methyl sites for hydroxylation is 1. The lowest BCUT2D eigenvalue weighted by Gasteiger charge is -2.14. The van der Waals surface area contributed by atoms with Crippen molar-refractivity contribution in [2.75, 3.05) is 0 Å². The molecule has 0 aliphatic heterocycles. The SMILES string of the molecule is Cc1ccc2c3ccc(-n4c5ccccc5c5c(-c6cccc7c6c6ccccc6n7-c6ccccc6)cccc54)cc3c3ccccc3c2c1. The van der Waals surface area contributed by atoms with Crippen LogP contribution in [-0.2, 0) is 0 Å². The van der Waals surface area contributed by atoms with Crippen molar-refractivity contribution in [3.63, 3.8) is 0 Å². The van der Waals surface area contributed by atoms with Gasteiger partial charge in [-0.1, -0.05) is 133 Å². The number of fused-ring (bicyclic) bond motifs is 12. The van der Waals surface area contributed by atoms with E-state index in [0.717, 1.165) is 0 Å². The highest BCUT2D eigenvalue weighted by Gasteiger charge is 2.21. The van der Waals surface area contributed by atoms with Crippen molar-refractivity contribution in [2.45, 2.75) is 6.92 Å². The highest BCUT2D eigenvalue weighted by Crippen LogP contribution is 2.44. The highest BCUT2D eigenvalue weighted by atomic mass is 15.0. The van der Waals surface area contributed by atoms with E-state index >= 15 is 0 Å². The lowest BCUT2D eigenvalue weighted by molar-refractivity contribution is 1.18. The normalized spacial score (nSPS) is 12.0. The maximum atomic E-state index is 2.47. The van der Waals surface area contributed by atoms with Crippen molar-refractivity contribution >= 4 is 75.9 Å². The van der Waals surface area contributed by atoms with E-state index in [1.165, 1.54) is 104 Å². The Labute approximate surface area is 295 Å². The molecule has 0 fully saturated rings. The van der Waals surface area contributed by atoms with Crippen molar-refractivity contribution in [3.05, 3.63) is 181 Å². The van der Waals surface area contributed by atoms with Gasteiger partial charge >= 0.3 is 0 Å². The van der Waals surface area contributed by atoms with Gasteiger partial charge in [0.05, 0.1) is 22.1 Å². The molecule has 2 nitrogen and oxygen atoms in total. The third kappa shape index (κ3) is 3.99. The summed E-state index contributed by atoms with van der Waals surface area (Å²) < 4.78 is 4.87. The van der Waals surface area contributed by atoms with Crippen molar-refractivity contribution < 1.29 is 0 Å². The minimum Gasteiger partial charge on any atom is -0.309 e. The quantitative estimate of drug-likeness (QED) is 0.169. The summed E-state index contributed by atoms with van der Waals surface area (Å²) in [5.41, 5.74) is 11.0. The van der Waals surface area contributed by atoms with Crippen LogP contribution in [0.15, 0.2) is 176 Å². The molecular formula is C49H32N2. The van der Waals surface area contributed by atoms with Gasteiger partial charge in [0.25, 0.3) is 0 Å². The predicted octanol–water partition coefficient (Wildman–Crippen LogP) is 13.3. The fourth-order valence-corrected chi connectivity index (χ4v) is 8.82. The molecule has 2 heteroatoms. The molecule has 0 radical (unpaired) electrons. The topological polar surface area (TPSA) is 9.86 Å². The van der Waals surface area contributed by atoms with Gasteiger partial charge in [-0.2, -0.15) is 0 Å². The standard InChI is InChI=1S/C49H32N2/c1-31-25-27-36-37-28-26-33(30-43(37)35-16-6-5-15-34(35)42(36)29-31)51-45-22-10-8-18-41(45)49-39(20-12-24-47(49)51)38-19-11-23-46-48(38)40-17-7-9-21-44(40)50(46)32-13-3-2-4-14-32/h2-30H,1H3. The van der Waals surface area contributed by atoms with Gasteiger partial charge in [0, 0.05) is 32.9 Å². The maximum Gasteiger partial charge on any atom is 0.0547 e. The fraction of sp³-hybridized carbons (Fsp3) is 0.0204. The van der Waals surface area contributed by atoms with Crippen LogP contribution in [0.4, 0.5) is 0 Å². The zero-order chi connectivity index (χ0) is 33.6. The second kappa shape index (κ2) is 10.7. The largest absolute Gasteiger partial charge is 0.309 e. The Balaban J connectivity index is 1.22. The van der Waals surface area contributed by atoms with Gasteiger partial charge in [-0.15, -0.1) is 0 Å². The summed E-state index contributed by atoms with van der Waals surface area (Å²) in [5, 5.41) is 12.8. The van der Waals surface area contributed by atoms with E-state index in [4.69, 9.17) is 0 Å². The number of hydrogen-bond acceptors (Lipinski definition) is 0. The van der Waals surface area contributed by atoms with E-state index in [-0.39, 0.29) is 0 Å². The number of benzene rings is 9. The Morgan fingerprint density at radius 1 is 0.294 bits per heavy atom. The van der Waals surface area contributed by atoms with Crippen LogP contribution >= 0.6 is 0 Å². The second-order valence-corrected chi connectivity index (χ2v) is 13.8. The van der Waals surface area contributed by atoms with Crippen LogP contribution in [0.1, 0.15) is 5.56 Å². The molecule has 0 spiro atoms. The lowest BCUT2D eigenvalue weighted by Crippen LogP contribution is -1.95. The summed E-state index contributed by atoms with van der Waals surface area (Å²) in [5.74, 6) is 0. The van der Waals surface area contributed by atoms with Crippen molar-refractivity contribution in [2.24, 2.45) is 0 Å². The molecule has 0 amide bonds. The number of aromatic nitrogens is 2. The first kappa shape index (κ1) is 28.2. The highest BCUT2D eigenvalue weighted by molar-refractivity contribution is 6.26. The van der Waals surface area contributed by atoms with Gasteiger partial charge in [0.15, 0.2) is 0 Å². The summed E-state index contributed by atoms with van der Waals surface area (Å²) in [7, 11) is 0. The average molecular weight is 649 g/mol. The fourth-order valence-electron chi connectivity index (χ4n) is 8.82. The molecule has 0 aliphatic carbocycles. The minimum absolute atomic E-state index is 1.17. The number of rotatable bonds is 3. The average Bonchev–Trinajstić information content (AvgIpc) is 3.71. The van der Waals surface area contributed by atoms with E-state index < -0.39 is 0 Å². The summed E-state index contributed by atoms with van der Waals surface area (Å²) in [4.78, 5) is 0. The summed E-state index contributed by atoms with van der Waals surface area (Å²) >= 11 is 0. The Bertz CT molecular complexity index is 3170. The predicted molar refractivity (Wildman–Crippen MR) is 218 cm³/mol. The van der Waals surface area contributed by atoms with Crippen molar-refractivity contribution in [3.8, 4) is 22.5 Å². The molecule has 0 saturated heterocycles. The van der Waals surface area contributed by atoms with Gasteiger partial charge in [0.1, 0.15) is 0 Å². The molecule has 0 saturated carbocycles. The van der Waals surface area contributed by atoms with E-state index in [9.17, 15) is 0 Å². The monoisotopic (exact) mass is 648 g/mol. The molecular weight excluding hydrogens is 617 g/mol. The van der Waals surface area contributed by atoms with Gasteiger partial charge in [-0.3, -0.25) is 0 Å². The molecule has 11 aromatic rings. The van der Waals surface area contributed by atoms with Crippen LogP contribution in [0.5, 0.6) is 0 Å². The first-order valence-electron chi connectivity index (χ1n) is 17.7. The number of hydrogen-bond donors (Lipinski definition) is 0. The molecule has 11 rings (SSSR count). The third-order valence-electron chi connectivity index (χ3n) is 10.9. The van der Waals surface area contributed by atoms with Gasteiger partial charge < -0.3 is 9.13 Å². The Kier molecular flexibility index (Phi) is 5.91. The van der Waals surface area contributed by atoms with Gasteiger partial charge in [-0.25, -0.2) is 0 Å². The Morgan fingerprint density at radius 3 is 1.35 bits per heavy atom. The van der Waals surface area contributed by atoms with Crippen LogP contribution in [-0.4, -0.2) is 9.13 Å². The molecule has 238 valence electrons. The van der Waals surface area contributed by atoms with Crippen molar-refractivity contribution in [1.82, 2.24) is 9.13 Å². The second-order valence-electron chi connectivity index (χ2n) is 13.8. The molecule has 9 aromatic carbocycles. The van der Waals surface area contributed by atoms with E-state index in [2.05, 4.69) is 192 Å². The van der Waals surface area contributed by atoms with Crippen LogP contribution in [0.25, 0.3) is 98.4 Å². The van der Waals surface area contributed by atoms with Crippen LogP contribution < -0.4 is 0 Å². The Hall–Kier alpha value is -6.64. The molecule has 0 atom stereocenters. The van der Waals surface area contributed by atoms with Crippen molar-refractivity contribution in [1.29, 1.82) is 0 Å². The lowest BCUT2D eigenvalue weighted by atomic mass is 9.93. The molecule has 2 aromatic heterocycles. The number of para-hydroxylation sites is 3. The Morgan fingerprint density at radius 2 is 0.745 bits per heavy atom. The van der Waals surface area contributed by atoms with Gasteiger partial charge in [-0.05, 0) is 98.9 Å². The summed E-state index contributed by atoms with van der Waals surface area (Å²) in [6, 6.07) is 64.8. The number of nitrogens with zero attached hydrogens (tertiary/aromatic N) is 2. The minimum atomic E-state index is 1.17. The van der Waals surface area contributed by atoms with E-state index in [1.807, 2.05) is 0 Å².